The van der Waals surface area contributed by atoms with Crippen LogP contribution in [0.25, 0.3) is 0 Å². The van der Waals surface area contributed by atoms with Gasteiger partial charge in [0.15, 0.2) is 0 Å². The summed E-state index contributed by atoms with van der Waals surface area (Å²) in [5, 5.41) is 3.20. The van der Waals surface area contributed by atoms with Crippen LogP contribution in [0.2, 0.25) is 0 Å². The smallest absolute Gasteiger partial charge is 0.341 e. The van der Waals surface area contributed by atoms with Gasteiger partial charge in [0.05, 0.1) is 4.90 Å². The number of unbranched alkanes of at least 4 members (excludes halogenated alkanes) is 1. The van der Waals surface area contributed by atoms with E-state index in [1.54, 1.807) is 0 Å². The van der Waals surface area contributed by atoms with E-state index < -0.39 is 15.6 Å². The van der Waals surface area contributed by atoms with Crippen LogP contribution >= 0.6 is 0 Å². The van der Waals surface area contributed by atoms with Crippen molar-refractivity contribution in [1.82, 2.24) is 0 Å². The summed E-state index contributed by atoms with van der Waals surface area (Å²) < 4.78 is 47.2. The second-order valence-corrected chi connectivity index (χ2v) is 6.44. The molecule has 0 aromatic heterocycles. The molecule has 0 aliphatic heterocycles. The zero-order chi connectivity index (χ0) is 14.5. The van der Waals surface area contributed by atoms with E-state index in [1.807, 2.05) is 6.92 Å². The molecule has 0 saturated heterocycles. The molecule has 3 nitrogen and oxygen atoms in total. The first-order valence-corrected chi connectivity index (χ1v) is 7.81. The average molecular weight is 291 g/mol. The van der Waals surface area contributed by atoms with Crippen LogP contribution in [0, 0.1) is 0 Å². The van der Waals surface area contributed by atoms with E-state index in [0.717, 1.165) is 24.9 Å². The molecular weight excluding hydrogens is 272 g/mol. The number of alkyl halides is 2. The minimum Gasteiger partial charge on any atom is -0.383 e. The first kappa shape index (κ1) is 15.9. The van der Waals surface area contributed by atoms with Crippen molar-refractivity contribution in [3.8, 4) is 0 Å². The van der Waals surface area contributed by atoms with Crippen LogP contribution in [0.15, 0.2) is 29.2 Å². The molecule has 1 rings (SSSR count). The Morgan fingerprint density at radius 2 is 1.79 bits per heavy atom. The predicted molar refractivity (Wildman–Crippen MR) is 72.2 cm³/mol. The van der Waals surface area contributed by atoms with E-state index in [0.29, 0.717) is 0 Å². The Bertz CT molecular complexity index is 486. The lowest BCUT2D eigenvalue weighted by Crippen LogP contribution is -2.15. The quantitative estimate of drug-likeness (QED) is 0.833. The van der Waals surface area contributed by atoms with Crippen molar-refractivity contribution in [2.45, 2.75) is 49.8 Å². The zero-order valence-electron chi connectivity index (χ0n) is 11.1. The van der Waals surface area contributed by atoms with E-state index in [2.05, 4.69) is 12.2 Å². The third-order valence-electron chi connectivity index (χ3n) is 2.82. The number of benzene rings is 1. The average Bonchev–Trinajstić information content (AvgIpc) is 2.36. The number of halogens is 2. The third kappa shape index (κ3) is 4.45. The van der Waals surface area contributed by atoms with Crippen LogP contribution in [-0.2, 0) is 9.84 Å². The molecule has 0 spiro atoms. The van der Waals surface area contributed by atoms with Crippen LogP contribution in [0.1, 0.15) is 33.1 Å². The fraction of sp³-hybridized carbons (Fsp3) is 0.538. The number of sulfone groups is 1. The maximum absolute atomic E-state index is 12.3. The van der Waals surface area contributed by atoms with Gasteiger partial charge in [-0.05, 0) is 37.6 Å². The van der Waals surface area contributed by atoms with E-state index in [1.165, 1.54) is 24.3 Å². The molecule has 0 aliphatic rings. The third-order valence-corrected chi connectivity index (χ3v) is 4.22. The lowest BCUT2D eigenvalue weighted by atomic mass is 10.1. The van der Waals surface area contributed by atoms with Crippen LogP contribution in [0.3, 0.4) is 0 Å². The van der Waals surface area contributed by atoms with Crippen molar-refractivity contribution in [3.63, 3.8) is 0 Å². The maximum Gasteiger partial charge on any atom is 0.341 e. The van der Waals surface area contributed by atoms with E-state index in [-0.39, 0.29) is 10.9 Å². The molecule has 1 aromatic rings. The number of hydrogen-bond donors (Lipinski definition) is 1. The molecule has 6 heteroatoms. The lowest BCUT2D eigenvalue weighted by Gasteiger charge is -2.15. The fourth-order valence-corrected chi connectivity index (χ4v) is 2.43. The van der Waals surface area contributed by atoms with Gasteiger partial charge >= 0.3 is 5.76 Å². The highest BCUT2D eigenvalue weighted by atomic mass is 32.2. The summed E-state index contributed by atoms with van der Waals surface area (Å²) in [6, 6.07) is 5.69. The Kier molecular flexibility index (Phi) is 5.72. The number of hydrogen-bond acceptors (Lipinski definition) is 3. The molecule has 0 radical (unpaired) electrons. The van der Waals surface area contributed by atoms with Gasteiger partial charge in [0.25, 0.3) is 0 Å². The van der Waals surface area contributed by atoms with Crippen molar-refractivity contribution in [2.75, 3.05) is 5.32 Å². The molecule has 0 bridgehead atoms. The minimum atomic E-state index is -4.50. The van der Waals surface area contributed by atoms with Crippen molar-refractivity contribution in [1.29, 1.82) is 0 Å². The van der Waals surface area contributed by atoms with Crippen molar-refractivity contribution in [2.24, 2.45) is 0 Å². The Labute approximate surface area is 112 Å². The molecule has 1 N–H and O–H groups in total. The van der Waals surface area contributed by atoms with Gasteiger partial charge in [-0.2, -0.15) is 8.78 Å². The fourth-order valence-electron chi connectivity index (χ4n) is 1.71. The Morgan fingerprint density at radius 1 is 1.21 bits per heavy atom. The summed E-state index contributed by atoms with van der Waals surface area (Å²) >= 11 is 0. The lowest BCUT2D eigenvalue weighted by molar-refractivity contribution is 0.234. The largest absolute Gasteiger partial charge is 0.383 e. The standard InChI is InChI=1S/C13H19F2NO2S/c1-3-4-5-10(2)16-11-6-8-12(9-7-11)19(17,18)13(14)15/h6-10,13,16H,3-5H2,1-2H3. The molecule has 1 aromatic carbocycles. The zero-order valence-corrected chi connectivity index (χ0v) is 11.9. The second kappa shape index (κ2) is 6.84. The van der Waals surface area contributed by atoms with Gasteiger partial charge < -0.3 is 5.32 Å². The monoisotopic (exact) mass is 291 g/mol. The van der Waals surface area contributed by atoms with Crippen LogP contribution < -0.4 is 5.32 Å². The van der Waals surface area contributed by atoms with Gasteiger partial charge in [0.1, 0.15) is 0 Å². The highest BCUT2D eigenvalue weighted by molar-refractivity contribution is 7.91. The van der Waals surface area contributed by atoms with Crippen LogP contribution in [-0.4, -0.2) is 20.2 Å². The summed E-state index contributed by atoms with van der Waals surface area (Å²) in [6.45, 7) is 4.14. The molecule has 108 valence electrons. The summed E-state index contributed by atoms with van der Waals surface area (Å²) in [5.41, 5.74) is 0.733. The van der Waals surface area contributed by atoms with Crippen LogP contribution in [0.4, 0.5) is 14.5 Å². The Morgan fingerprint density at radius 3 is 2.26 bits per heavy atom. The van der Waals surface area contributed by atoms with Crippen LogP contribution in [0.5, 0.6) is 0 Å². The van der Waals surface area contributed by atoms with Crippen molar-refractivity contribution < 1.29 is 17.2 Å². The van der Waals surface area contributed by atoms with Gasteiger partial charge in [0.2, 0.25) is 9.84 Å². The first-order chi connectivity index (χ1) is 8.87. The SMILES string of the molecule is CCCCC(C)Nc1ccc(S(=O)(=O)C(F)F)cc1. The normalized spacial score (nSPS) is 13.5. The molecule has 0 amide bonds. The summed E-state index contributed by atoms with van der Waals surface area (Å²) in [4.78, 5) is -0.353. The molecule has 0 aliphatic carbocycles. The number of rotatable bonds is 7. The molecule has 1 atom stereocenters. The number of anilines is 1. The summed E-state index contributed by atoms with van der Waals surface area (Å²) in [5.74, 6) is -3.38. The maximum atomic E-state index is 12.3. The molecular formula is C13H19F2NO2S. The van der Waals surface area contributed by atoms with Crippen molar-refractivity contribution in [3.05, 3.63) is 24.3 Å². The van der Waals surface area contributed by atoms with Gasteiger partial charge in [-0.15, -0.1) is 0 Å². The minimum absolute atomic E-state index is 0.262. The summed E-state index contributed by atoms with van der Waals surface area (Å²) in [6.07, 6.45) is 3.22. The van der Waals surface area contributed by atoms with Crippen molar-refractivity contribution >= 4 is 15.5 Å². The Hall–Kier alpha value is -1.17. The molecule has 0 saturated carbocycles. The van der Waals surface area contributed by atoms with Gasteiger partial charge in [0, 0.05) is 11.7 Å². The predicted octanol–water partition coefficient (Wildman–Crippen LogP) is 3.67. The van der Waals surface area contributed by atoms with E-state index in [4.69, 9.17) is 0 Å². The molecule has 1 unspecified atom stereocenters. The van der Waals surface area contributed by atoms with Gasteiger partial charge in [-0.1, -0.05) is 19.8 Å². The topological polar surface area (TPSA) is 46.2 Å². The molecule has 19 heavy (non-hydrogen) atoms. The van der Waals surface area contributed by atoms with Gasteiger partial charge in [-0.25, -0.2) is 8.42 Å². The Balaban J connectivity index is 2.72. The highest BCUT2D eigenvalue weighted by Gasteiger charge is 2.26. The van der Waals surface area contributed by atoms with E-state index in [9.17, 15) is 17.2 Å². The highest BCUT2D eigenvalue weighted by Crippen LogP contribution is 2.20. The number of nitrogens with one attached hydrogen (secondary N) is 1. The van der Waals surface area contributed by atoms with E-state index >= 15 is 0 Å². The summed E-state index contributed by atoms with van der Waals surface area (Å²) in [7, 11) is -4.50. The second-order valence-electron chi connectivity index (χ2n) is 4.52. The molecule has 0 fully saturated rings. The van der Waals surface area contributed by atoms with Gasteiger partial charge in [-0.3, -0.25) is 0 Å². The molecule has 0 heterocycles. The first-order valence-electron chi connectivity index (χ1n) is 6.26.